The van der Waals surface area contributed by atoms with Crippen molar-refractivity contribution in [3.8, 4) is 5.75 Å². The zero-order valence-electron chi connectivity index (χ0n) is 14.9. The van der Waals surface area contributed by atoms with E-state index in [4.69, 9.17) is 14.6 Å². The maximum atomic E-state index is 12.4. The lowest BCUT2D eigenvalue weighted by Gasteiger charge is -2.11. The molecule has 0 aliphatic heterocycles. The van der Waals surface area contributed by atoms with E-state index < -0.39 is 16.0 Å². The second kappa shape index (κ2) is 7.38. The van der Waals surface area contributed by atoms with E-state index in [1.165, 1.54) is 19.2 Å². The molecule has 0 aromatic heterocycles. The number of ether oxygens (including phenoxy) is 2. The van der Waals surface area contributed by atoms with E-state index in [0.29, 0.717) is 23.3 Å². The lowest BCUT2D eigenvalue weighted by atomic mass is 9.97. The molecule has 0 spiro atoms. The fraction of sp³-hybridized carbons (Fsp3) is 0.150. The Labute approximate surface area is 158 Å². The fourth-order valence-electron chi connectivity index (χ4n) is 2.97. The van der Waals surface area contributed by atoms with Gasteiger partial charge in [-0.25, -0.2) is 18.4 Å². The van der Waals surface area contributed by atoms with Gasteiger partial charge in [-0.3, -0.25) is 0 Å². The third kappa shape index (κ3) is 3.94. The normalized spacial score (nSPS) is 13.7. The number of carbonyl (C=O) groups excluding carboxylic acids is 1. The molecular weight excluding hydrogens is 366 g/mol. The second-order valence-electron chi connectivity index (χ2n) is 6.01. The van der Waals surface area contributed by atoms with E-state index in [-0.39, 0.29) is 4.90 Å². The van der Waals surface area contributed by atoms with E-state index in [0.717, 1.165) is 16.7 Å². The van der Waals surface area contributed by atoms with E-state index >= 15 is 0 Å². The molecule has 140 valence electrons. The van der Waals surface area contributed by atoms with Crippen LogP contribution in [0.25, 0.3) is 11.6 Å². The summed E-state index contributed by atoms with van der Waals surface area (Å²) in [6.07, 6.45) is 4.33. The summed E-state index contributed by atoms with van der Waals surface area (Å²) in [4.78, 5) is 12.4. The van der Waals surface area contributed by atoms with Crippen LogP contribution in [0.1, 0.15) is 16.7 Å². The van der Waals surface area contributed by atoms with Gasteiger partial charge in [0.15, 0.2) is 0 Å². The zero-order chi connectivity index (χ0) is 19.6. The first-order valence-corrected chi connectivity index (χ1v) is 9.69. The third-order valence-corrected chi connectivity index (χ3v) is 5.28. The Bertz CT molecular complexity index is 1050. The molecular formula is C20H19NO5S. The summed E-state index contributed by atoms with van der Waals surface area (Å²) >= 11 is 0. The Kier molecular flexibility index (Phi) is 5.16. The van der Waals surface area contributed by atoms with Crippen LogP contribution in [-0.2, 0) is 26.0 Å². The van der Waals surface area contributed by atoms with Crippen LogP contribution in [-0.4, -0.2) is 28.6 Å². The molecule has 0 unspecified atom stereocenters. The van der Waals surface area contributed by atoms with Gasteiger partial charge in [0.1, 0.15) is 5.75 Å². The minimum Gasteiger partial charge on any atom is -0.497 e. The van der Waals surface area contributed by atoms with Gasteiger partial charge in [-0.1, -0.05) is 24.3 Å². The Morgan fingerprint density at radius 3 is 2.41 bits per heavy atom. The minimum atomic E-state index is -3.77. The van der Waals surface area contributed by atoms with Gasteiger partial charge in [0.25, 0.3) is 0 Å². The zero-order valence-corrected chi connectivity index (χ0v) is 15.7. The Balaban J connectivity index is 2.05. The van der Waals surface area contributed by atoms with Gasteiger partial charge in [0.05, 0.1) is 24.7 Å². The smallest absolute Gasteiger partial charge is 0.338 e. The number of allylic oxidation sites excluding steroid dienone is 1. The van der Waals surface area contributed by atoms with E-state index in [9.17, 15) is 13.2 Å². The molecule has 0 atom stereocenters. The van der Waals surface area contributed by atoms with Crippen molar-refractivity contribution in [1.29, 1.82) is 0 Å². The molecule has 2 aromatic carbocycles. The number of methoxy groups -OCH3 is 2. The summed E-state index contributed by atoms with van der Waals surface area (Å²) in [6, 6.07) is 11.7. The fourth-order valence-corrected chi connectivity index (χ4v) is 3.48. The maximum absolute atomic E-state index is 12.4. The van der Waals surface area contributed by atoms with E-state index in [2.05, 4.69) is 0 Å². The minimum absolute atomic E-state index is 0.00873. The van der Waals surface area contributed by atoms with Gasteiger partial charge >= 0.3 is 5.97 Å². The van der Waals surface area contributed by atoms with Gasteiger partial charge in [0, 0.05) is 0 Å². The molecule has 0 amide bonds. The van der Waals surface area contributed by atoms with Crippen LogP contribution >= 0.6 is 0 Å². The molecule has 0 fully saturated rings. The van der Waals surface area contributed by atoms with Crippen molar-refractivity contribution >= 4 is 27.6 Å². The van der Waals surface area contributed by atoms with Crippen LogP contribution in [0.2, 0.25) is 0 Å². The lowest BCUT2D eigenvalue weighted by Crippen LogP contribution is -2.11. The van der Waals surface area contributed by atoms with Gasteiger partial charge in [-0.15, -0.1) is 0 Å². The van der Waals surface area contributed by atoms with Crippen LogP contribution < -0.4 is 9.88 Å². The molecule has 1 aliphatic rings. The number of esters is 1. The Morgan fingerprint density at radius 2 is 1.81 bits per heavy atom. The average molecular weight is 385 g/mol. The topological polar surface area (TPSA) is 95.7 Å². The SMILES string of the molecule is COC(=O)C(=Cc1ccc(S(N)(=O)=O)cc1)C1=CCc2ccc(OC)cc21. The van der Waals surface area contributed by atoms with Crippen molar-refractivity contribution in [2.45, 2.75) is 11.3 Å². The van der Waals surface area contributed by atoms with Crippen molar-refractivity contribution in [1.82, 2.24) is 0 Å². The molecule has 1 aliphatic carbocycles. The van der Waals surface area contributed by atoms with Crippen molar-refractivity contribution in [2.24, 2.45) is 5.14 Å². The van der Waals surface area contributed by atoms with Gasteiger partial charge in [-0.05, 0) is 59.0 Å². The van der Waals surface area contributed by atoms with Crippen molar-refractivity contribution in [3.05, 3.63) is 70.8 Å². The summed E-state index contributed by atoms with van der Waals surface area (Å²) in [5, 5.41) is 5.12. The predicted molar refractivity (Wildman–Crippen MR) is 102 cm³/mol. The lowest BCUT2D eigenvalue weighted by molar-refractivity contribution is -0.135. The highest BCUT2D eigenvalue weighted by atomic mass is 32.2. The number of primary sulfonamides is 1. The number of carbonyl (C=O) groups is 1. The molecule has 2 aromatic rings. The number of rotatable bonds is 5. The van der Waals surface area contributed by atoms with Crippen LogP contribution in [0.15, 0.2) is 59.0 Å². The third-order valence-electron chi connectivity index (χ3n) is 4.35. The number of benzene rings is 2. The molecule has 0 radical (unpaired) electrons. The summed E-state index contributed by atoms with van der Waals surface area (Å²) in [5.41, 5.74) is 3.79. The van der Waals surface area contributed by atoms with Crippen LogP contribution in [0, 0.1) is 0 Å². The van der Waals surface area contributed by atoms with Gasteiger partial charge in [0.2, 0.25) is 10.0 Å². The first kappa shape index (κ1) is 18.9. The van der Waals surface area contributed by atoms with Crippen molar-refractivity contribution in [3.63, 3.8) is 0 Å². The molecule has 0 saturated heterocycles. The van der Waals surface area contributed by atoms with E-state index in [1.807, 2.05) is 24.3 Å². The first-order valence-electron chi connectivity index (χ1n) is 8.14. The number of sulfonamides is 1. The van der Waals surface area contributed by atoms with Crippen molar-refractivity contribution in [2.75, 3.05) is 14.2 Å². The second-order valence-corrected chi connectivity index (χ2v) is 7.57. The predicted octanol–water partition coefficient (Wildman–Crippen LogP) is 2.54. The number of hydrogen-bond donors (Lipinski definition) is 1. The highest BCUT2D eigenvalue weighted by molar-refractivity contribution is 7.89. The molecule has 27 heavy (non-hydrogen) atoms. The molecule has 7 heteroatoms. The summed E-state index contributed by atoms with van der Waals surface area (Å²) in [5.74, 6) is 0.218. The molecule has 2 N–H and O–H groups in total. The standard InChI is InChI=1S/C20H19NO5S/c1-25-15-7-5-14-6-10-17(18(14)12-15)19(20(22)26-2)11-13-3-8-16(9-4-13)27(21,23)24/h3-5,7-12H,6H2,1-2H3,(H2,21,23,24). The molecule has 6 nitrogen and oxygen atoms in total. The Morgan fingerprint density at radius 1 is 1.11 bits per heavy atom. The number of fused-ring (bicyclic) bond motifs is 1. The van der Waals surface area contributed by atoms with Crippen LogP contribution in [0.3, 0.4) is 0 Å². The average Bonchev–Trinajstić information content (AvgIpc) is 3.08. The quantitative estimate of drug-likeness (QED) is 0.630. The molecule has 0 saturated carbocycles. The van der Waals surface area contributed by atoms with Crippen LogP contribution in [0.4, 0.5) is 0 Å². The Hall–Kier alpha value is -2.90. The largest absolute Gasteiger partial charge is 0.497 e. The molecule has 3 rings (SSSR count). The van der Waals surface area contributed by atoms with Gasteiger partial charge < -0.3 is 9.47 Å². The first-order chi connectivity index (χ1) is 12.8. The van der Waals surface area contributed by atoms with E-state index in [1.54, 1.807) is 25.3 Å². The number of hydrogen-bond acceptors (Lipinski definition) is 5. The summed E-state index contributed by atoms with van der Waals surface area (Å²) in [7, 11) is -0.861. The number of nitrogens with two attached hydrogens (primary N) is 1. The highest BCUT2D eigenvalue weighted by Gasteiger charge is 2.23. The molecule has 0 heterocycles. The summed E-state index contributed by atoms with van der Waals surface area (Å²) in [6.45, 7) is 0. The monoisotopic (exact) mass is 385 g/mol. The van der Waals surface area contributed by atoms with Crippen molar-refractivity contribution < 1.29 is 22.7 Å². The molecule has 0 bridgehead atoms. The summed E-state index contributed by atoms with van der Waals surface area (Å²) < 4.78 is 33.0. The maximum Gasteiger partial charge on any atom is 0.338 e. The van der Waals surface area contributed by atoms with Crippen LogP contribution in [0.5, 0.6) is 5.75 Å². The highest BCUT2D eigenvalue weighted by Crippen LogP contribution is 2.36. The van der Waals surface area contributed by atoms with Gasteiger partial charge in [-0.2, -0.15) is 0 Å².